The highest BCUT2D eigenvalue weighted by atomic mass is 16.5. The second-order valence-corrected chi connectivity index (χ2v) is 2.99. The molecule has 0 radical (unpaired) electrons. The Morgan fingerprint density at radius 1 is 1.73 bits per heavy atom. The van der Waals surface area contributed by atoms with Crippen LogP contribution in [0.1, 0.15) is 5.76 Å². The number of furan rings is 1. The molecule has 0 aliphatic rings. The first kappa shape index (κ1) is 11.5. The van der Waals surface area contributed by atoms with Crippen molar-refractivity contribution in [3.63, 3.8) is 0 Å². The molecule has 0 aliphatic carbocycles. The SMILES string of the molecule is COC(=O)/C(=C/c1ccco1)CN(C)O. The number of hydrogen-bond acceptors (Lipinski definition) is 5. The molecule has 0 aliphatic heterocycles. The van der Waals surface area contributed by atoms with Gasteiger partial charge in [0.15, 0.2) is 0 Å². The Balaban J connectivity index is 2.85. The maximum absolute atomic E-state index is 11.3. The van der Waals surface area contributed by atoms with Crippen molar-refractivity contribution >= 4 is 12.0 Å². The summed E-state index contributed by atoms with van der Waals surface area (Å²) in [5, 5.41) is 9.94. The number of hydrogen-bond donors (Lipinski definition) is 1. The van der Waals surface area contributed by atoms with E-state index in [-0.39, 0.29) is 6.54 Å². The van der Waals surface area contributed by atoms with Crippen LogP contribution in [-0.4, -0.2) is 36.9 Å². The Labute approximate surface area is 87.5 Å². The molecule has 5 nitrogen and oxygen atoms in total. The molecule has 5 heteroatoms. The lowest BCUT2D eigenvalue weighted by Crippen LogP contribution is -2.21. The quantitative estimate of drug-likeness (QED) is 0.460. The molecule has 0 bridgehead atoms. The number of ether oxygens (including phenoxy) is 1. The highest BCUT2D eigenvalue weighted by molar-refractivity contribution is 5.93. The Bertz CT molecular complexity index is 340. The Morgan fingerprint density at radius 3 is 2.93 bits per heavy atom. The van der Waals surface area contributed by atoms with Crippen LogP contribution in [0.4, 0.5) is 0 Å². The molecule has 0 fully saturated rings. The second kappa shape index (κ2) is 5.33. The zero-order valence-corrected chi connectivity index (χ0v) is 8.64. The number of hydroxylamine groups is 2. The molecule has 1 aromatic heterocycles. The number of esters is 1. The maximum atomic E-state index is 11.3. The highest BCUT2D eigenvalue weighted by Gasteiger charge is 2.12. The van der Waals surface area contributed by atoms with Crippen LogP contribution in [0.25, 0.3) is 6.08 Å². The van der Waals surface area contributed by atoms with Crippen LogP contribution in [0.2, 0.25) is 0 Å². The monoisotopic (exact) mass is 211 g/mol. The molecule has 82 valence electrons. The minimum atomic E-state index is -0.493. The van der Waals surface area contributed by atoms with Crippen molar-refractivity contribution in [3.8, 4) is 0 Å². The topological polar surface area (TPSA) is 62.9 Å². The summed E-state index contributed by atoms with van der Waals surface area (Å²) in [5.74, 6) is 0.0459. The third-order valence-electron chi connectivity index (χ3n) is 1.71. The minimum Gasteiger partial charge on any atom is -0.466 e. The summed E-state index contributed by atoms with van der Waals surface area (Å²) in [5.41, 5.74) is 0.317. The summed E-state index contributed by atoms with van der Waals surface area (Å²) < 4.78 is 9.63. The van der Waals surface area contributed by atoms with Gasteiger partial charge in [0.05, 0.1) is 25.5 Å². The highest BCUT2D eigenvalue weighted by Crippen LogP contribution is 2.09. The summed E-state index contributed by atoms with van der Waals surface area (Å²) in [6.45, 7) is 0.0768. The van der Waals surface area contributed by atoms with Gasteiger partial charge in [0, 0.05) is 7.05 Å². The Hall–Kier alpha value is -1.59. The van der Waals surface area contributed by atoms with E-state index in [9.17, 15) is 4.79 Å². The standard InChI is InChI=1S/C10H13NO4/c1-11(13)7-8(10(12)14-2)6-9-4-3-5-15-9/h3-6,13H,7H2,1-2H3/b8-6+. The molecule has 0 spiro atoms. The summed E-state index contributed by atoms with van der Waals surface area (Å²) >= 11 is 0. The molecule has 1 heterocycles. The number of rotatable bonds is 4. The third-order valence-corrected chi connectivity index (χ3v) is 1.71. The first-order valence-corrected chi connectivity index (χ1v) is 4.36. The van der Waals surface area contributed by atoms with Gasteiger partial charge in [0.1, 0.15) is 5.76 Å². The van der Waals surface area contributed by atoms with Crippen molar-refractivity contribution in [3.05, 3.63) is 29.7 Å². The molecule has 1 N–H and O–H groups in total. The largest absolute Gasteiger partial charge is 0.466 e. The average molecular weight is 211 g/mol. The molecule has 15 heavy (non-hydrogen) atoms. The van der Waals surface area contributed by atoms with Gasteiger partial charge < -0.3 is 14.4 Å². The van der Waals surface area contributed by atoms with Crippen molar-refractivity contribution in [1.29, 1.82) is 0 Å². The smallest absolute Gasteiger partial charge is 0.335 e. The third kappa shape index (κ3) is 3.57. The number of carbonyl (C=O) groups excluding carboxylic acids is 1. The van der Waals surface area contributed by atoms with Crippen molar-refractivity contribution < 1.29 is 19.2 Å². The van der Waals surface area contributed by atoms with Crippen LogP contribution in [0.3, 0.4) is 0 Å². The molecular formula is C10H13NO4. The van der Waals surface area contributed by atoms with E-state index in [4.69, 9.17) is 9.62 Å². The molecule has 0 saturated heterocycles. The van der Waals surface area contributed by atoms with Crippen molar-refractivity contribution in [2.75, 3.05) is 20.7 Å². The fraction of sp³-hybridized carbons (Fsp3) is 0.300. The van der Waals surface area contributed by atoms with E-state index in [1.807, 2.05) is 0 Å². The molecule has 0 atom stereocenters. The molecule has 0 unspecified atom stereocenters. The number of carbonyl (C=O) groups is 1. The lowest BCUT2D eigenvalue weighted by Gasteiger charge is -2.09. The minimum absolute atomic E-state index is 0.0768. The fourth-order valence-electron chi connectivity index (χ4n) is 1.09. The van der Waals surface area contributed by atoms with Gasteiger partial charge in [-0.2, -0.15) is 5.06 Å². The van der Waals surface area contributed by atoms with Gasteiger partial charge >= 0.3 is 5.97 Å². The van der Waals surface area contributed by atoms with Gasteiger partial charge in [-0.05, 0) is 18.2 Å². The van der Waals surface area contributed by atoms with Crippen LogP contribution < -0.4 is 0 Å². The first-order chi connectivity index (χ1) is 7.13. The summed E-state index contributed by atoms with van der Waals surface area (Å²) in [4.78, 5) is 11.3. The van der Waals surface area contributed by atoms with Gasteiger partial charge in [-0.1, -0.05) is 0 Å². The van der Waals surface area contributed by atoms with Gasteiger partial charge in [-0.25, -0.2) is 4.79 Å². The molecule has 0 amide bonds. The number of nitrogens with zero attached hydrogens (tertiary/aromatic N) is 1. The van der Waals surface area contributed by atoms with Crippen LogP contribution in [0.15, 0.2) is 28.4 Å². The number of methoxy groups -OCH3 is 1. The van der Waals surface area contributed by atoms with Crippen LogP contribution >= 0.6 is 0 Å². The van der Waals surface area contributed by atoms with Crippen LogP contribution in [-0.2, 0) is 9.53 Å². The Morgan fingerprint density at radius 2 is 2.47 bits per heavy atom. The van der Waals surface area contributed by atoms with E-state index in [0.29, 0.717) is 11.3 Å². The van der Waals surface area contributed by atoms with E-state index < -0.39 is 5.97 Å². The normalized spacial score (nSPS) is 11.9. The lowest BCUT2D eigenvalue weighted by molar-refractivity contribution is -0.137. The van der Waals surface area contributed by atoms with Gasteiger partial charge in [-0.15, -0.1) is 0 Å². The first-order valence-electron chi connectivity index (χ1n) is 4.36. The summed E-state index contributed by atoms with van der Waals surface area (Å²) in [6.07, 6.45) is 3.03. The zero-order valence-electron chi connectivity index (χ0n) is 8.64. The maximum Gasteiger partial charge on any atom is 0.335 e. The number of likely N-dealkylation sites (N-methyl/N-ethyl adjacent to an activating group) is 1. The predicted octanol–water partition coefficient (Wildman–Crippen LogP) is 1.16. The van der Waals surface area contributed by atoms with Crippen LogP contribution in [0, 0.1) is 0 Å². The second-order valence-electron chi connectivity index (χ2n) is 2.99. The fourth-order valence-corrected chi connectivity index (χ4v) is 1.09. The van der Waals surface area contributed by atoms with Gasteiger partial charge in [0.25, 0.3) is 0 Å². The molecular weight excluding hydrogens is 198 g/mol. The lowest BCUT2D eigenvalue weighted by atomic mass is 10.2. The van der Waals surface area contributed by atoms with Crippen molar-refractivity contribution in [2.24, 2.45) is 0 Å². The summed E-state index contributed by atoms with van der Waals surface area (Å²) in [7, 11) is 2.73. The van der Waals surface area contributed by atoms with Crippen LogP contribution in [0.5, 0.6) is 0 Å². The van der Waals surface area contributed by atoms with E-state index in [0.717, 1.165) is 5.06 Å². The molecule has 0 saturated carbocycles. The van der Waals surface area contributed by atoms with Gasteiger partial charge in [0.2, 0.25) is 0 Å². The Kier molecular flexibility index (Phi) is 4.08. The summed E-state index contributed by atoms with van der Waals surface area (Å²) in [6, 6.07) is 3.42. The molecule has 1 aromatic rings. The van der Waals surface area contributed by atoms with E-state index in [1.54, 1.807) is 12.1 Å². The van der Waals surface area contributed by atoms with E-state index in [2.05, 4.69) is 4.74 Å². The molecule has 0 aromatic carbocycles. The van der Waals surface area contributed by atoms with E-state index >= 15 is 0 Å². The molecule has 1 rings (SSSR count). The van der Waals surface area contributed by atoms with Crippen molar-refractivity contribution in [1.82, 2.24) is 5.06 Å². The predicted molar refractivity (Wildman–Crippen MR) is 53.1 cm³/mol. The average Bonchev–Trinajstić information content (AvgIpc) is 2.67. The van der Waals surface area contributed by atoms with Crippen molar-refractivity contribution in [2.45, 2.75) is 0 Å². The van der Waals surface area contributed by atoms with E-state index in [1.165, 1.54) is 26.5 Å². The zero-order chi connectivity index (χ0) is 11.3. The van der Waals surface area contributed by atoms with Gasteiger partial charge in [-0.3, -0.25) is 0 Å².